The van der Waals surface area contributed by atoms with E-state index in [0.717, 1.165) is 6.26 Å². The van der Waals surface area contributed by atoms with Crippen LogP contribution in [0.15, 0.2) is 0 Å². The van der Waals surface area contributed by atoms with Crippen molar-refractivity contribution < 1.29 is 17.9 Å². The van der Waals surface area contributed by atoms with Gasteiger partial charge in [0.15, 0.2) is 0 Å². The van der Waals surface area contributed by atoms with Crippen molar-refractivity contribution in [2.24, 2.45) is 5.41 Å². The SMILES string of the molecule is COC(=O)C(C)(C)CNCC(C)(C)NS(C)(=O)=O. The summed E-state index contributed by atoms with van der Waals surface area (Å²) in [5.74, 6) is -0.302. The first-order chi connectivity index (χ1) is 7.90. The van der Waals surface area contributed by atoms with Crippen LogP contribution in [-0.4, -0.2) is 46.4 Å². The molecule has 0 aromatic heterocycles. The summed E-state index contributed by atoms with van der Waals surface area (Å²) in [6, 6.07) is 0. The van der Waals surface area contributed by atoms with E-state index in [4.69, 9.17) is 0 Å². The standard InChI is InChI=1S/C11H24N2O4S/c1-10(2,9(14)17-5)7-12-8-11(3,4)13-18(6,15)16/h12-13H,7-8H2,1-6H3. The van der Waals surface area contributed by atoms with E-state index in [1.807, 2.05) is 0 Å². The smallest absolute Gasteiger partial charge is 0.312 e. The predicted molar refractivity (Wildman–Crippen MR) is 70.7 cm³/mol. The summed E-state index contributed by atoms with van der Waals surface area (Å²) >= 11 is 0. The van der Waals surface area contributed by atoms with E-state index in [2.05, 4.69) is 14.8 Å². The Kier molecular flexibility index (Phi) is 5.77. The highest BCUT2D eigenvalue weighted by atomic mass is 32.2. The molecule has 2 N–H and O–H groups in total. The van der Waals surface area contributed by atoms with E-state index in [9.17, 15) is 13.2 Å². The summed E-state index contributed by atoms with van der Waals surface area (Å²) in [6.07, 6.45) is 1.12. The Morgan fingerprint density at radius 3 is 2.06 bits per heavy atom. The lowest BCUT2D eigenvalue weighted by atomic mass is 9.93. The average molecular weight is 280 g/mol. The third-order valence-electron chi connectivity index (χ3n) is 2.33. The number of hydrogen-bond donors (Lipinski definition) is 2. The van der Waals surface area contributed by atoms with Gasteiger partial charge in [0.05, 0.1) is 18.8 Å². The van der Waals surface area contributed by atoms with Crippen molar-refractivity contribution in [2.75, 3.05) is 26.5 Å². The molecule has 0 amide bonds. The summed E-state index contributed by atoms with van der Waals surface area (Å²) < 4.78 is 29.5. The zero-order chi connectivity index (χ0) is 14.6. The van der Waals surface area contributed by atoms with E-state index in [1.54, 1.807) is 27.7 Å². The second kappa shape index (κ2) is 5.99. The van der Waals surface area contributed by atoms with Crippen molar-refractivity contribution in [1.82, 2.24) is 10.0 Å². The second-order valence-electron chi connectivity index (χ2n) is 5.74. The van der Waals surface area contributed by atoms with Gasteiger partial charge in [-0.25, -0.2) is 13.1 Å². The fourth-order valence-electron chi connectivity index (χ4n) is 1.57. The molecule has 0 aromatic carbocycles. The molecular formula is C11H24N2O4S. The maximum Gasteiger partial charge on any atom is 0.312 e. The number of sulfonamides is 1. The molecular weight excluding hydrogens is 256 g/mol. The Balaban J connectivity index is 4.31. The van der Waals surface area contributed by atoms with Crippen molar-refractivity contribution in [2.45, 2.75) is 33.2 Å². The van der Waals surface area contributed by atoms with E-state index in [-0.39, 0.29) is 5.97 Å². The number of methoxy groups -OCH3 is 1. The molecule has 0 aromatic rings. The maximum absolute atomic E-state index is 11.4. The molecule has 0 aliphatic carbocycles. The number of rotatable bonds is 7. The van der Waals surface area contributed by atoms with E-state index in [0.29, 0.717) is 13.1 Å². The van der Waals surface area contributed by atoms with Crippen molar-refractivity contribution in [3.63, 3.8) is 0 Å². The minimum absolute atomic E-state index is 0.302. The van der Waals surface area contributed by atoms with Crippen molar-refractivity contribution in [1.29, 1.82) is 0 Å². The molecule has 0 aliphatic heterocycles. The lowest BCUT2D eigenvalue weighted by Crippen LogP contribution is -2.51. The molecule has 7 heteroatoms. The zero-order valence-corrected chi connectivity index (χ0v) is 12.8. The monoisotopic (exact) mass is 280 g/mol. The number of carbonyl (C=O) groups excluding carboxylic acids is 1. The first-order valence-corrected chi connectivity index (χ1v) is 7.57. The van der Waals surface area contributed by atoms with Gasteiger partial charge in [-0.2, -0.15) is 0 Å². The Morgan fingerprint density at radius 2 is 1.67 bits per heavy atom. The van der Waals surface area contributed by atoms with Crippen LogP contribution in [0.3, 0.4) is 0 Å². The summed E-state index contributed by atoms with van der Waals surface area (Å²) in [6.45, 7) is 7.90. The first kappa shape index (κ1) is 17.3. The van der Waals surface area contributed by atoms with Gasteiger partial charge in [0, 0.05) is 18.6 Å². The zero-order valence-electron chi connectivity index (χ0n) is 12.0. The van der Waals surface area contributed by atoms with Crippen molar-refractivity contribution in [3.05, 3.63) is 0 Å². The quantitative estimate of drug-likeness (QED) is 0.646. The number of esters is 1. The predicted octanol–water partition coefficient (Wildman–Crippen LogP) is 0.103. The molecule has 0 saturated heterocycles. The molecule has 0 aliphatic rings. The lowest BCUT2D eigenvalue weighted by molar-refractivity contribution is -0.150. The minimum atomic E-state index is -3.25. The number of ether oxygens (including phenoxy) is 1. The summed E-state index contributed by atoms with van der Waals surface area (Å²) in [7, 11) is -1.90. The van der Waals surface area contributed by atoms with Gasteiger partial charge in [0.2, 0.25) is 10.0 Å². The van der Waals surface area contributed by atoms with Crippen molar-refractivity contribution in [3.8, 4) is 0 Å². The molecule has 108 valence electrons. The van der Waals surface area contributed by atoms with Gasteiger partial charge in [0.25, 0.3) is 0 Å². The van der Waals surface area contributed by atoms with Crippen LogP contribution in [0.1, 0.15) is 27.7 Å². The number of nitrogens with one attached hydrogen (secondary N) is 2. The van der Waals surface area contributed by atoms with E-state index in [1.165, 1.54) is 7.11 Å². The highest BCUT2D eigenvalue weighted by Crippen LogP contribution is 2.15. The summed E-state index contributed by atoms with van der Waals surface area (Å²) in [5, 5.41) is 3.08. The van der Waals surface area contributed by atoms with Gasteiger partial charge >= 0.3 is 5.97 Å². The summed E-state index contributed by atoms with van der Waals surface area (Å²) in [4.78, 5) is 11.4. The minimum Gasteiger partial charge on any atom is -0.469 e. The molecule has 0 rings (SSSR count). The molecule has 0 heterocycles. The van der Waals surface area contributed by atoms with Crippen molar-refractivity contribution >= 4 is 16.0 Å². The fourth-order valence-corrected chi connectivity index (χ4v) is 2.65. The molecule has 6 nitrogen and oxygen atoms in total. The van der Waals surface area contributed by atoms with Crippen LogP contribution in [0.25, 0.3) is 0 Å². The lowest BCUT2D eigenvalue weighted by Gasteiger charge is -2.28. The van der Waals surface area contributed by atoms with Crippen LogP contribution in [0.5, 0.6) is 0 Å². The molecule has 0 saturated carbocycles. The van der Waals surface area contributed by atoms with Crippen LogP contribution < -0.4 is 10.0 Å². The Hall–Kier alpha value is -0.660. The summed E-state index contributed by atoms with van der Waals surface area (Å²) in [5.41, 5.74) is -1.25. The topological polar surface area (TPSA) is 84.5 Å². The fraction of sp³-hybridized carbons (Fsp3) is 0.909. The molecule has 0 atom stereocenters. The molecule has 0 radical (unpaired) electrons. The Morgan fingerprint density at radius 1 is 1.17 bits per heavy atom. The third kappa shape index (κ3) is 6.93. The van der Waals surface area contributed by atoms with Gasteiger partial charge in [-0.05, 0) is 27.7 Å². The molecule has 0 fully saturated rings. The molecule has 18 heavy (non-hydrogen) atoms. The first-order valence-electron chi connectivity index (χ1n) is 5.68. The van der Waals surface area contributed by atoms with Gasteiger partial charge in [-0.1, -0.05) is 0 Å². The van der Waals surface area contributed by atoms with E-state index < -0.39 is 21.0 Å². The normalized spacial score (nSPS) is 13.4. The van der Waals surface area contributed by atoms with Gasteiger partial charge in [0.1, 0.15) is 0 Å². The maximum atomic E-state index is 11.4. The van der Waals surface area contributed by atoms with Crippen LogP contribution in [-0.2, 0) is 19.6 Å². The van der Waals surface area contributed by atoms with Crippen LogP contribution in [0, 0.1) is 5.41 Å². The highest BCUT2D eigenvalue weighted by Gasteiger charge is 2.29. The number of hydrogen-bond acceptors (Lipinski definition) is 5. The second-order valence-corrected chi connectivity index (χ2v) is 7.49. The highest BCUT2D eigenvalue weighted by molar-refractivity contribution is 7.88. The third-order valence-corrected chi connectivity index (χ3v) is 3.26. The Bertz CT molecular complexity index is 388. The van der Waals surface area contributed by atoms with Crippen LogP contribution in [0.4, 0.5) is 0 Å². The van der Waals surface area contributed by atoms with Crippen LogP contribution in [0.2, 0.25) is 0 Å². The largest absolute Gasteiger partial charge is 0.469 e. The molecule has 0 unspecified atom stereocenters. The Labute approximate surface area is 110 Å². The average Bonchev–Trinajstić information content (AvgIpc) is 2.11. The number of carbonyl (C=O) groups is 1. The molecule has 0 bridgehead atoms. The van der Waals surface area contributed by atoms with Gasteiger partial charge in [-0.15, -0.1) is 0 Å². The van der Waals surface area contributed by atoms with Gasteiger partial charge < -0.3 is 10.1 Å². The van der Waals surface area contributed by atoms with Crippen LogP contribution >= 0.6 is 0 Å². The van der Waals surface area contributed by atoms with E-state index >= 15 is 0 Å². The van der Waals surface area contributed by atoms with Gasteiger partial charge in [-0.3, -0.25) is 4.79 Å². The molecule has 0 spiro atoms.